The van der Waals surface area contributed by atoms with Crippen LogP contribution >= 0.6 is 0 Å². The molecule has 0 aliphatic heterocycles. The Morgan fingerprint density at radius 1 is 1.00 bits per heavy atom. The number of hydrogen-bond donors (Lipinski definition) is 0. The molecule has 0 rings (SSSR count). The van der Waals surface area contributed by atoms with Crippen LogP contribution in [0.5, 0.6) is 0 Å². The zero-order chi connectivity index (χ0) is 17.9. The Morgan fingerprint density at radius 3 is 2.00 bits per heavy atom. The van der Waals surface area contributed by atoms with Gasteiger partial charge in [0.15, 0.2) is 8.32 Å². The summed E-state index contributed by atoms with van der Waals surface area (Å²) in [6, 6.07) is 4.25. The summed E-state index contributed by atoms with van der Waals surface area (Å²) in [6.45, 7) is 16.0. The molecule has 0 atom stereocenters. The first kappa shape index (κ1) is 22.8. The Kier molecular flexibility index (Phi) is 11.3. The summed E-state index contributed by atoms with van der Waals surface area (Å²) in [7, 11) is -1.43. The third-order valence-corrected chi connectivity index (χ3v) is 12.3. The average molecular weight is 362 g/mol. The molecule has 0 aromatic carbocycles. The molecule has 0 saturated heterocycles. The molecule has 0 aliphatic rings. The van der Waals surface area contributed by atoms with Gasteiger partial charge in [-0.25, -0.2) is 0 Å². The summed E-state index contributed by atoms with van der Waals surface area (Å²) < 4.78 is 11.5. The molecule has 0 unspecified atom stereocenters. The highest BCUT2D eigenvalue weighted by Gasteiger charge is 2.32. The molecule has 0 radical (unpaired) electrons. The van der Waals surface area contributed by atoms with Crippen molar-refractivity contribution in [3.8, 4) is 0 Å². The predicted octanol–water partition coefficient (Wildman–Crippen LogP) is 4.49. The molecule has 4 nitrogen and oxygen atoms in total. The number of carbonyl (C=O) groups is 1. The van der Waals surface area contributed by atoms with Crippen molar-refractivity contribution in [1.82, 2.24) is 4.90 Å². The van der Waals surface area contributed by atoms with Gasteiger partial charge in [0.2, 0.25) is 0 Å². The largest absolute Gasteiger partial charge is 0.519 e. The minimum absolute atomic E-state index is 0.00673. The lowest BCUT2D eigenvalue weighted by Crippen LogP contribution is -2.39. The van der Waals surface area contributed by atoms with Crippen molar-refractivity contribution in [3.63, 3.8) is 0 Å². The number of carbonyl (C=O) groups excluding carboxylic acids is 1. The Hall–Kier alpha value is -0.176. The lowest BCUT2D eigenvalue weighted by molar-refractivity contribution is -0.135. The molecule has 0 bridgehead atoms. The van der Waals surface area contributed by atoms with E-state index in [1.807, 2.05) is 7.11 Å². The second-order valence-electron chi connectivity index (χ2n) is 6.97. The van der Waals surface area contributed by atoms with E-state index in [-0.39, 0.29) is 5.97 Å². The quantitative estimate of drug-likeness (QED) is 0.453. The lowest BCUT2D eigenvalue weighted by atomic mass is 10.3. The first-order valence-electron chi connectivity index (χ1n) is 9.27. The predicted molar refractivity (Wildman–Crippen MR) is 104 cm³/mol. The molecular formula is C17H39NO3Si2. The summed E-state index contributed by atoms with van der Waals surface area (Å²) >= 11 is 0. The van der Waals surface area contributed by atoms with Gasteiger partial charge in [-0.15, -0.1) is 0 Å². The fourth-order valence-electron chi connectivity index (χ4n) is 2.77. The lowest BCUT2D eigenvalue weighted by Gasteiger charge is -2.28. The summed E-state index contributed by atoms with van der Waals surface area (Å²) in [5, 5.41) is 0. The monoisotopic (exact) mass is 361 g/mol. The van der Waals surface area contributed by atoms with Crippen molar-refractivity contribution >= 4 is 22.6 Å². The van der Waals surface area contributed by atoms with Crippen LogP contribution < -0.4 is 0 Å². The maximum Gasteiger partial charge on any atom is 0.293 e. The van der Waals surface area contributed by atoms with Crippen molar-refractivity contribution in [3.05, 3.63) is 0 Å². The van der Waals surface area contributed by atoms with Crippen molar-refractivity contribution in [2.24, 2.45) is 0 Å². The van der Waals surface area contributed by atoms with Crippen LogP contribution in [-0.4, -0.2) is 54.2 Å². The molecule has 0 saturated carbocycles. The van der Waals surface area contributed by atoms with E-state index in [0.29, 0.717) is 6.42 Å². The minimum Gasteiger partial charge on any atom is -0.519 e. The van der Waals surface area contributed by atoms with E-state index in [0.717, 1.165) is 44.2 Å². The van der Waals surface area contributed by atoms with Crippen LogP contribution in [0.15, 0.2) is 0 Å². The van der Waals surface area contributed by atoms with E-state index in [2.05, 4.69) is 45.7 Å². The SMILES string of the molecule is CCN(CCC[Si](C)(C)OC)CCC(=O)O[Si](CC)(CC)CC. The molecular weight excluding hydrogens is 322 g/mol. The van der Waals surface area contributed by atoms with Crippen LogP contribution in [0.3, 0.4) is 0 Å². The van der Waals surface area contributed by atoms with Crippen LogP contribution in [0, 0.1) is 0 Å². The molecule has 0 heterocycles. The van der Waals surface area contributed by atoms with Gasteiger partial charge in [0.1, 0.15) is 0 Å². The second kappa shape index (κ2) is 11.4. The van der Waals surface area contributed by atoms with E-state index < -0.39 is 16.6 Å². The van der Waals surface area contributed by atoms with Gasteiger partial charge in [0, 0.05) is 13.7 Å². The van der Waals surface area contributed by atoms with Crippen LogP contribution in [0.4, 0.5) is 0 Å². The van der Waals surface area contributed by atoms with E-state index >= 15 is 0 Å². The van der Waals surface area contributed by atoms with Crippen molar-refractivity contribution < 1.29 is 13.6 Å². The molecule has 0 spiro atoms. The number of rotatable bonds is 13. The Morgan fingerprint density at radius 2 is 1.57 bits per heavy atom. The van der Waals surface area contributed by atoms with E-state index in [9.17, 15) is 4.79 Å². The highest BCUT2D eigenvalue weighted by Crippen LogP contribution is 2.22. The molecule has 0 aromatic heterocycles. The molecule has 0 aromatic rings. The topological polar surface area (TPSA) is 38.8 Å². The third-order valence-electron chi connectivity index (χ3n) is 5.15. The first-order chi connectivity index (χ1) is 10.8. The van der Waals surface area contributed by atoms with Crippen LogP contribution in [0.2, 0.25) is 37.3 Å². The van der Waals surface area contributed by atoms with Crippen molar-refractivity contribution in [2.75, 3.05) is 26.7 Å². The maximum atomic E-state index is 12.2. The summed E-state index contributed by atoms with van der Waals surface area (Å²) in [4.78, 5) is 14.6. The van der Waals surface area contributed by atoms with Gasteiger partial charge in [0.05, 0.1) is 6.42 Å². The van der Waals surface area contributed by atoms with Crippen LogP contribution in [0.1, 0.15) is 40.5 Å². The van der Waals surface area contributed by atoms with E-state index in [1.54, 1.807) is 0 Å². The zero-order valence-electron chi connectivity index (χ0n) is 16.5. The van der Waals surface area contributed by atoms with Gasteiger partial charge in [0.25, 0.3) is 14.3 Å². The summed E-state index contributed by atoms with van der Waals surface area (Å²) in [5.74, 6) is 0.00673. The van der Waals surface area contributed by atoms with Gasteiger partial charge < -0.3 is 13.8 Å². The molecule has 0 aliphatic carbocycles. The highest BCUT2D eigenvalue weighted by molar-refractivity contribution is 6.74. The maximum absolute atomic E-state index is 12.2. The smallest absolute Gasteiger partial charge is 0.293 e. The minimum atomic E-state index is -1.80. The Bertz CT molecular complexity index is 326. The highest BCUT2D eigenvalue weighted by atomic mass is 28.4. The Labute approximate surface area is 146 Å². The van der Waals surface area contributed by atoms with Crippen LogP contribution in [-0.2, 0) is 13.6 Å². The van der Waals surface area contributed by atoms with Gasteiger partial charge in [-0.3, -0.25) is 4.79 Å². The zero-order valence-corrected chi connectivity index (χ0v) is 18.5. The molecule has 0 fully saturated rings. The van der Waals surface area contributed by atoms with Crippen LogP contribution in [0.25, 0.3) is 0 Å². The Balaban J connectivity index is 4.22. The standard InChI is InChI=1S/C17H39NO3Si2/c1-8-18(14-12-16-22(6,7)20-5)15-13-17(19)21-23(9-2,10-3)11-4/h8-16H2,1-7H3. The normalized spacial score (nSPS) is 12.7. The molecule has 138 valence electrons. The summed E-state index contributed by atoms with van der Waals surface area (Å²) in [6.07, 6.45) is 1.67. The van der Waals surface area contributed by atoms with E-state index in [4.69, 9.17) is 8.85 Å². The third kappa shape index (κ3) is 9.03. The fraction of sp³-hybridized carbons (Fsp3) is 0.941. The van der Waals surface area contributed by atoms with Gasteiger partial charge >= 0.3 is 0 Å². The van der Waals surface area contributed by atoms with Crippen molar-refractivity contribution in [2.45, 2.75) is 77.8 Å². The fourth-order valence-corrected chi connectivity index (χ4v) is 6.50. The first-order valence-corrected chi connectivity index (χ1v) is 14.9. The average Bonchev–Trinajstić information content (AvgIpc) is 2.55. The molecule has 6 heteroatoms. The van der Waals surface area contributed by atoms with E-state index in [1.165, 1.54) is 6.04 Å². The molecule has 23 heavy (non-hydrogen) atoms. The summed E-state index contributed by atoms with van der Waals surface area (Å²) in [5.41, 5.74) is 0. The number of hydrogen-bond acceptors (Lipinski definition) is 4. The van der Waals surface area contributed by atoms with Crippen molar-refractivity contribution in [1.29, 1.82) is 0 Å². The number of nitrogens with zero attached hydrogens (tertiary/aromatic N) is 1. The molecule has 0 N–H and O–H groups in total. The second-order valence-corrected chi connectivity index (χ2v) is 16.1. The van der Waals surface area contributed by atoms with Gasteiger partial charge in [-0.1, -0.05) is 27.7 Å². The van der Waals surface area contributed by atoms with Gasteiger partial charge in [-0.05, 0) is 56.8 Å². The molecule has 0 amide bonds. The van der Waals surface area contributed by atoms with Gasteiger partial charge in [-0.2, -0.15) is 0 Å².